The highest BCUT2D eigenvalue weighted by atomic mass is 32.1. The van der Waals surface area contributed by atoms with E-state index >= 15 is 0 Å². The zero-order valence-corrected chi connectivity index (χ0v) is 17.8. The molecule has 1 fully saturated rings. The summed E-state index contributed by atoms with van der Waals surface area (Å²) < 4.78 is 5.31. The molecule has 0 aromatic carbocycles. The molecule has 1 N–H and O–H groups in total. The van der Waals surface area contributed by atoms with E-state index in [0.717, 1.165) is 54.2 Å². The molecule has 3 aromatic rings. The van der Waals surface area contributed by atoms with E-state index in [1.165, 1.54) is 16.9 Å². The van der Waals surface area contributed by atoms with Crippen LogP contribution in [0, 0.1) is 0 Å². The summed E-state index contributed by atoms with van der Waals surface area (Å²) in [5, 5.41) is 0.811. The summed E-state index contributed by atoms with van der Waals surface area (Å²) in [6, 6.07) is 3.75. The van der Waals surface area contributed by atoms with E-state index in [1.54, 1.807) is 17.6 Å². The molecule has 0 bridgehead atoms. The smallest absolute Gasteiger partial charge is 0.259 e. The predicted octanol–water partition coefficient (Wildman–Crippen LogP) is 2.73. The SMILES string of the molecule is O=C(CCc1ccco1)N1CCN(Cc2nc3sc4c(c3c(=O)[nH]2)CCCC4)CC1. The van der Waals surface area contributed by atoms with Crippen molar-refractivity contribution < 1.29 is 9.21 Å². The Labute approximate surface area is 178 Å². The molecule has 1 amide bonds. The van der Waals surface area contributed by atoms with Gasteiger partial charge in [-0.15, -0.1) is 11.3 Å². The van der Waals surface area contributed by atoms with Gasteiger partial charge in [0.1, 0.15) is 16.4 Å². The minimum Gasteiger partial charge on any atom is -0.469 e. The van der Waals surface area contributed by atoms with Crippen LogP contribution in [0.15, 0.2) is 27.6 Å². The van der Waals surface area contributed by atoms with Crippen LogP contribution in [-0.4, -0.2) is 51.9 Å². The Morgan fingerprint density at radius 2 is 2.03 bits per heavy atom. The fourth-order valence-electron chi connectivity index (χ4n) is 4.49. The molecule has 8 heteroatoms. The van der Waals surface area contributed by atoms with Gasteiger partial charge in [-0.2, -0.15) is 0 Å². The molecule has 0 saturated carbocycles. The molecule has 30 heavy (non-hydrogen) atoms. The number of nitrogens with one attached hydrogen (secondary N) is 1. The van der Waals surface area contributed by atoms with Crippen LogP contribution < -0.4 is 5.56 Å². The molecule has 1 aliphatic heterocycles. The van der Waals surface area contributed by atoms with Gasteiger partial charge in [0, 0.05) is 43.9 Å². The van der Waals surface area contributed by atoms with Gasteiger partial charge in [0.05, 0.1) is 18.2 Å². The Balaban J connectivity index is 1.20. The molecular weight excluding hydrogens is 400 g/mol. The highest BCUT2D eigenvalue weighted by Gasteiger charge is 2.23. The third-order valence-electron chi connectivity index (χ3n) is 6.14. The number of furan rings is 1. The second kappa shape index (κ2) is 8.35. The van der Waals surface area contributed by atoms with Crippen LogP contribution in [0.3, 0.4) is 0 Å². The average molecular weight is 427 g/mol. The van der Waals surface area contributed by atoms with Crippen molar-refractivity contribution >= 4 is 27.5 Å². The van der Waals surface area contributed by atoms with E-state index in [2.05, 4.69) is 9.88 Å². The van der Waals surface area contributed by atoms with Gasteiger partial charge in [-0.05, 0) is 43.4 Å². The van der Waals surface area contributed by atoms with Crippen LogP contribution in [0.1, 0.15) is 41.3 Å². The van der Waals surface area contributed by atoms with Crippen molar-refractivity contribution in [1.29, 1.82) is 0 Å². The summed E-state index contributed by atoms with van der Waals surface area (Å²) in [6.45, 7) is 3.60. The van der Waals surface area contributed by atoms with Crippen molar-refractivity contribution in [3.63, 3.8) is 0 Å². The van der Waals surface area contributed by atoms with Gasteiger partial charge in [0.2, 0.25) is 5.91 Å². The zero-order chi connectivity index (χ0) is 20.5. The van der Waals surface area contributed by atoms with Crippen LogP contribution in [0.5, 0.6) is 0 Å². The van der Waals surface area contributed by atoms with Crippen molar-refractivity contribution in [3.8, 4) is 0 Å². The van der Waals surface area contributed by atoms with Crippen molar-refractivity contribution in [2.45, 2.75) is 45.1 Å². The summed E-state index contributed by atoms with van der Waals surface area (Å²) in [5.74, 6) is 1.74. The number of thiophene rings is 1. The van der Waals surface area contributed by atoms with Crippen LogP contribution >= 0.6 is 11.3 Å². The second-order valence-electron chi connectivity index (χ2n) is 8.14. The van der Waals surface area contributed by atoms with E-state index in [1.807, 2.05) is 17.0 Å². The van der Waals surface area contributed by atoms with Gasteiger partial charge < -0.3 is 14.3 Å². The van der Waals surface area contributed by atoms with Crippen LogP contribution in [0.25, 0.3) is 10.2 Å². The quantitative estimate of drug-likeness (QED) is 0.678. The van der Waals surface area contributed by atoms with Gasteiger partial charge in [0.15, 0.2) is 0 Å². The number of fused-ring (bicyclic) bond motifs is 3. The molecule has 0 atom stereocenters. The molecule has 158 valence electrons. The first-order valence-corrected chi connectivity index (χ1v) is 11.5. The number of hydrogen-bond donors (Lipinski definition) is 1. The monoisotopic (exact) mass is 426 g/mol. The number of nitrogens with zero attached hydrogens (tertiary/aromatic N) is 3. The van der Waals surface area contributed by atoms with E-state index in [-0.39, 0.29) is 11.5 Å². The fourth-order valence-corrected chi connectivity index (χ4v) is 5.77. The largest absolute Gasteiger partial charge is 0.469 e. The third-order valence-corrected chi connectivity index (χ3v) is 7.32. The maximum absolute atomic E-state index is 12.7. The van der Waals surface area contributed by atoms with Gasteiger partial charge in [-0.1, -0.05) is 0 Å². The number of carbonyl (C=O) groups excluding carboxylic acids is 1. The number of hydrogen-bond acceptors (Lipinski definition) is 6. The minimum atomic E-state index is 0.00106. The lowest BCUT2D eigenvalue weighted by molar-refractivity contribution is -0.133. The first kappa shape index (κ1) is 19.5. The number of aryl methyl sites for hydroxylation is 3. The van der Waals surface area contributed by atoms with Gasteiger partial charge in [-0.3, -0.25) is 14.5 Å². The zero-order valence-electron chi connectivity index (χ0n) is 17.0. The predicted molar refractivity (Wildman–Crippen MR) is 116 cm³/mol. The Hall–Kier alpha value is -2.45. The molecule has 3 aromatic heterocycles. The molecule has 0 radical (unpaired) electrons. The average Bonchev–Trinajstić information content (AvgIpc) is 3.40. The van der Waals surface area contributed by atoms with Crippen molar-refractivity contribution in [2.75, 3.05) is 26.2 Å². The Kier molecular flexibility index (Phi) is 5.43. The number of piperazine rings is 1. The van der Waals surface area contributed by atoms with Crippen LogP contribution in [-0.2, 0) is 30.6 Å². The van der Waals surface area contributed by atoms with E-state index in [4.69, 9.17) is 9.40 Å². The molecule has 0 unspecified atom stereocenters. The number of amides is 1. The Morgan fingerprint density at radius 3 is 2.83 bits per heavy atom. The number of aromatic amines is 1. The molecule has 0 spiro atoms. The summed E-state index contributed by atoms with van der Waals surface area (Å²) in [6.07, 6.45) is 7.18. The van der Waals surface area contributed by atoms with Crippen molar-refractivity contribution in [3.05, 3.63) is 50.8 Å². The van der Waals surface area contributed by atoms with Crippen molar-refractivity contribution in [2.24, 2.45) is 0 Å². The first-order valence-electron chi connectivity index (χ1n) is 10.7. The van der Waals surface area contributed by atoms with E-state index < -0.39 is 0 Å². The highest BCUT2D eigenvalue weighted by molar-refractivity contribution is 7.18. The third kappa shape index (κ3) is 3.94. The normalized spacial score (nSPS) is 17.4. The standard InChI is InChI=1S/C22H26N4O3S/c27-19(8-7-15-4-3-13-29-15)26-11-9-25(10-12-26)14-18-23-21(28)20-16-5-1-2-6-17(16)30-22(20)24-18/h3-4,13H,1-2,5-12,14H2,(H,23,24,28). The maximum Gasteiger partial charge on any atom is 0.259 e. The number of rotatable bonds is 5. The van der Waals surface area contributed by atoms with Crippen LogP contribution in [0.4, 0.5) is 0 Å². The Bertz CT molecular complexity index is 1090. The Morgan fingerprint density at radius 1 is 1.20 bits per heavy atom. The molecule has 5 rings (SSSR count). The molecule has 1 aliphatic carbocycles. The second-order valence-corrected chi connectivity index (χ2v) is 9.22. The highest BCUT2D eigenvalue weighted by Crippen LogP contribution is 2.33. The minimum absolute atomic E-state index is 0.00106. The summed E-state index contributed by atoms with van der Waals surface area (Å²) in [7, 11) is 0. The topological polar surface area (TPSA) is 82.4 Å². The molecule has 1 saturated heterocycles. The first-order chi connectivity index (χ1) is 14.7. The van der Waals surface area contributed by atoms with Crippen LogP contribution in [0.2, 0.25) is 0 Å². The lowest BCUT2D eigenvalue weighted by Crippen LogP contribution is -2.48. The van der Waals surface area contributed by atoms with Gasteiger partial charge >= 0.3 is 0 Å². The van der Waals surface area contributed by atoms with E-state index in [9.17, 15) is 9.59 Å². The molecule has 7 nitrogen and oxygen atoms in total. The van der Waals surface area contributed by atoms with Gasteiger partial charge in [-0.25, -0.2) is 4.98 Å². The summed E-state index contributed by atoms with van der Waals surface area (Å²) in [4.78, 5) is 39.4. The summed E-state index contributed by atoms with van der Waals surface area (Å²) in [5.41, 5.74) is 1.23. The number of H-pyrrole nitrogens is 1. The molecule has 4 heterocycles. The van der Waals surface area contributed by atoms with E-state index in [0.29, 0.717) is 32.5 Å². The lowest BCUT2D eigenvalue weighted by atomic mass is 9.97. The lowest BCUT2D eigenvalue weighted by Gasteiger charge is -2.34. The molecule has 2 aliphatic rings. The number of aromatic nitrogens is 2. The number of carbonyl (C=O) groups is 1. The van der Waals surface area contributed by atoms with Crippen molar-refractivity contribution in [1.82, 2.24) is 19.8 Å². The van der Waals surface area contributed by atoms with Gasteiger partial charge in [0.25, 0.3) is 5.56 Å². The molecular formula is C22H26N4O3S. The maximum atomic E-state index is 12.7. The summed E-state index contributed by atoms with van der Waals surface area (Å²) >= 11 is 1.69. The fraction of sp³-hybridized carbons (Fsp3) is 0.500.